The first-order valence-corrected chi connectivity index (χ1v) is 5.57. The van der Waals surface area contributed by atoms with Crippen LogP contribution >= 0.6 is 0 Å². The Morgan fingerprint density at radius 3 is 2.06 bits per heavy atom. The molecule has 94 valence electrons. The molecule has 0 fully saturated rings. The van der Waals surface area contributed by atoms with Gasteiger partial charge in [0.05, 0.1) is 19.8 Å². The van der Waals surface area contributed by atoms with E-state index in [0.717, 1.165) is 11.1 Å². The maximum Gasteiger partial charge on any atom is 0.0721 e. The number of hydrogen-bond donors (Lipinski definition) is 1. The van der Waals surface area contributed by atoms with Crippen LogP contribution in [0.5, 0.6) is 0 Å². The topological polar surface area (TPSA) is 29.5 Å². The zero-order chi connectivity index (χ0) is 13.1. The second kappa shape index (κ2) is 9.82. The first-order valence-electron chi connectivity index (χ1n) is 5.57. The van der Waals surface area contributed by atoms with E-state index in [-0.39, 0.29) is 6.61 Å². The van der Waals surface area contributed by atoms with Gasteiger partial charge in [-0.2, -0.15) is 0 Å². The molecule has 0 aliphatic rings. The molecule has 2 nitrogen and oxygen atoms in total. The van der Waals surface area contributed by atoms with E-state index in [2.05, 4.69) is 25.3 Å². The van der Waals surface area contributed by atoms with E-state index >= 15 is 0 Å². The Bertz CT molecular complexity index is 328. The van der Waals surface area contributed by atoms with Crippen LogP contribution in [0.2, 0.25) is 0 Å². The Morgan fingerprint density at radius 1 is 1.12 bits per heavy atom. The lowest BCUT2D eigenvalue weighted by atomic mass is 10.2. The lowest BCUT2D eigenvalue weighted by Gasteiger charge is -2.02. The molecule has 1 aromatic carbocycles. The highest BCUT2D eigenvalue weighted by atomic mass is 16.5. The number of hydrogen-bond acceptors (Lipinski definition) is 2. The van der Waals surface area contributed by atoms with Crippen molar-refractivity contribution in [3.63, 3.8) is 0 Å². The largest absolute Gasteiger partial charge is 0.392 e. The van der Waals surface area contributed by atoms with E-state index < -0.39 is 0 Å². The minimum absolute atomic E-state index is 0.111. The number of ether oxygens (including phenoxy) is 1. The molecule has 0 aromatic heterocycles. The van der Waals surface area contributed by atoms with Gasteiger partial charge in [0.2, 0.25) is 0 Å². The summed E-state index contributed by atoms with van der Waals surface area (Å²) < 4.78 is 5.38. The van der Waals surface area contributed by atoms with Gasteiger partial charge in [-0.1, -0.05) is 54.6 Å². The highest BCUT2D eigenvalue weighted by molar-refractivity contribution is 5.13. The van der Waals surface area contributed by atoms with Crippen LogP contribution in [0.15, 0.2) is 54.6 Å². The van der Waals surface area contributed by atoms with Crippen molar-refractivity contribution in [1.82, 2.24) is 0 Å². The average molecular weight is 234 g/mol. The summed E-state index contributed by atoms with van der Waals surface area (Å²) in [5.41, 5.74) is 3.08. The third kappa shape index (κ3) is 10.9. The van der Waals surface area contributed by atoms with Gasteiger partial charge >= 0.3 is 0 Å². The second-order valence-corrected chi connectivity index (χ2v) is 4.05. The first kappa shape index (κ1) is 15.6. The van der Waals surface area contributed by atoms with Gasteiger partial charge in [-0.05, 0) is 19.4 Å². The third-order valence-corrected chi connectivity index (χ3v) is 1.73. The molecule has 0 saturated carbocycles. The molecule has 0 radical (unpaired) electrons. The van der Waals surface area contributed by atoms with Crippen molar-refractivity contribution in [3.8, 4) is 0 Å². The molecule has 1 aromatic rings. The minimum Gasteiger partial charge on any atom is -0.392 e. The van der Waals surface area contributed by atoms with Crippen LogP contribution in [0.1, 0.15) is 19.4 Å². The Hall–Kier alpha value is -1.38. The maximum atomic E-state index is 8.04. The second-order valence-electron chi connectivity index (χ2n) is 4.05. The predicted octanol–water partition coefficient (Wildman–Crippen LogP) is 3.33. The molecular weight excluding hydrogens is 212 g/mol. The van der Waals surface area contributed by atoms with E-state index in [9.17, 15) is 0 Å². The molecule has 0 saturated heterocycles. The lowest BCUT2D eigenvalue weighted by Crippen LogP contribution is -1.95. The fourth-order valence-electron chi connectivity index (χ4n) is 0.917. The molecule has 0 amide bonds. The SMILES string of the molecule is C=C(C)CO.C=C(C)COCc1ccccc1. The summed E-state index contributed by atoms with van der Waals surface area (Å²) in [6.07, 6.45) is 0. The Morgan fingerprint density at radius 2 is 1.65 bits per heavy atom. The Balaban J connectivity index is 0.000000437. The van der Waals surface area contributed by atoms with E-state index in [1.54, 1.807) is 6.92 Å². The van der Waals surface area contributed by atoms with Gasteiger partial charge in [0.15, 0.2) is 0 Å². The summed E-state index contributed by atoms with van der Waals surface area (Å²) in [4.78, 5) is 0. The summed E-state index contributed by atoms with van der Waals surface area (Å²) in [5.74, 6) is 0. The summed E-state index contributed by atoms with van der Waals surface area (Å²) in [5, 5.41) is 8.04. The van der Waals surface area contributed by atoms with Crippen molar-refractivity contribution in [2.24, 2.45) is 0 Å². The van der Waals surface area contributed by atoms with Crippen LogP contribution < -0.4 is 0 Å². The molecule has 0 aliphatic carbocycles. The molecule has 1 N–H and O–H groups in total. The summed E-state index contributed by atoms with van der Waals surface area (Å²) in [7, 11) is 0. The first-order chi connectivity index (χ1) is 8.06. The van der Waals surface area contributed by atoms with Crippen LogP contribution in [0.3, 0.4) is 0 Å². The maximum absolute atomic E-state index is 8.04. The zero-order valence-electron chi connectivity index (χ0n) is 10.8. The normalized spacial score (nSPS) is 9.12. The fourth-order valence-corrected chi connectivity index (χ4v) is 0.917. The molecular formula is C15H22O2. The standard InChI is InChI=1S/C11H14O.C4H8O/c1-10(2)8-12-9-11-6-4-3-5-7-11;1-4(2)3-5/h3-7H,1,8-9H2,2H3;5H,1,3H2,2H3. The zero-order valence-corrected chi connectivity index (χ0v) is 10.8. The van der Waals surface area contributed by atoms with Crippen molar-refractivity contribution < 1.29 is 9.84 Å². The van der Waals surface area contributed by atoms with Gasteiger partial charge in [-0.15, -0.1) is 0 Å². The molecule has 0 aliphatic heterocycles. The van der Waals surface area contributed by atoms with Crippen molar-refractivity contribution in [2.45, 2.75) is 20.5 Å². The molecule has 17 heavy (non-hydrogen) atoms. The highest BCUT2D eigenvalue weighted by Crippen LogP contribution is 2.01. The summed E-state index contributed by atoms with van der Waals surface area (Å²) in [6, 6.07) is 10.1. The number of rotatable bonds is 5. The molecule has 0 heterocycles. The van der Waals surface area contributed by atoms with Crippen LogP contribution in [0.4, 0.5) is 0 Å². The highest BCUT2D eigenvalue weighted by Gasteiger charge is 1.90. The van der Waals surface area contributed by atoms with Gasteiger partial charge in [-0.3, -0.25) is 0 Å². The van der Waals surface area contributed by atoms with Crippen LogP contribution in [0, 0.1) is 0 Å². The molecule has 2 heteroatoms. The van der Waals surface area contributed by atoms with E-state index in [1.165, 1.54) is 5.56 Å². The van der Waals surface area contributed by atoms with Crippen molar-refractivity contribution in [2.75, 3.05) is 13.2 Å². The summed E-state index contributed by atoms with van der Waals surface area (Å²) >= 11 is 0. The Kier molecular flexibility index (Phi) is 9.02. The van der Waals surface area contributed by atoms with Gasteiger partial charge < -0.3 is 9.84 Å². The van der Waals surface area contributed by atoms with Crippen molar-refractivity contribution >= 4 is 0 Å². The summed E-state index contributed by atoms with van der Waals surface area (Å²) in [6.45, 7) is 12.4. The number of benzene rings is 1. The molecule has 0 bridgehead atoms. The number of aliphatic hydroxyl groups excluding tert-OH is 1. The van der Waals surface area contributed by atoms with E-state index in [0.29, 0.717) is 13.2 Å². The van der Waals surface area contributed by atoms with Crippen LogP contribution in [-0.4, -0.2) is 18.3 Å². The van der Waals surface area contributed by atoms with Gasteiger partial charge in [0.1, 0.15) is 0 Å². The smallest absolute Gasteiger partial charge is 0.0721 e. The minimum atomic E-state index is 0.111. The monoisotopic (exact) mass is 234 g/mol. The average Bonchev–Trinajstić information content (AvgIpc) is 2.30. The molecule has 0 atom stereocenters. The quantitative estimate of drug-likeness (QED) is 0.792. The molecule has 0 unspecified atom stereocenters. The predicted molar refractivity (Wildman–Crippen MR) is 72.8 cm³/mol. The van der Waals surface area contributed by atoms with Gasteiger partial charge in [-0.25, -0.2) is 0 Å². The van der Waals surface area contributed by atoms with Gasteiger partial charge in [0.25, 0.3) is 0 Å². The lowest BCUT2D eigenvalue weighted by molar-refractivity contribution is 0.143. The van der Waals surface area contributed by atoms with Gasteiger partial charge in [0, 0.05) is 0 Å². The van der Waals surface area contributed by atoms with E-state index in [4.69, 9.17) is 9.84 Å². The van der Waals surface area contributed by atoms with Crippen molar-refractivity contribution in [3.05, 3.63) is 60.2 Å². The van der Waals surface area contributed by atoms with Crippen molar-refractivity contribution in [1.29, 1.82) is 0 Å². The third-order valence-electron chi connectivity index (χ3n) is 1.73. The van der Waals surface area contributed by atoms with Crippen LogP contribution in [0.25, 0.3) is 0 Å². The van der Waals surface area contributed by atoms with Crippen LogP contribution in [-0.2, 0) is 11.3 Å². The molecule has 0 spiro atoms. The molecule has 1 rings (SSSR count). The Labute approximate surface area is 104 Å². The fraction of sp³-hybridized carbons (Fsp3) is 0.333. The van der Waals surface area contributed by atoms with E-state index in [1.807, 2.05) is 25.1 Å². The number of aliphatic hydroxyl groups is 1.